The van der Waals surface area contributed by atoms with Crippen LogP contribution in [0.4, 0.5) is 0 Å². The average molecular weight is 521 g/mol. The molecule has 1 aliphatic rings. The molecule has 1 aliphatic carbocycles. The SMILES string of the molecule is Cc1ccc(SCC(=O)N(Cc2ccc(Cl)cc2)[C@@H](Cc2ccccc2)C(=O)NC2CCCC2)cc1. The van der Waals surface area contributed by atoms with Crippen molar-refractivity contribution in [2.45, 2.75) is 62.6 Å². The topological polar surface area (TPSA) is 49.4 Å². The Morgan fingerprint density at radius 1 is 0.944 bits per heavy atom. The standard InChI is InChI=1S/C30H33ClN2O2S/c1-22-11-17-27(18-12-22)36-21-29(34)33(20-24-13-15-25(31)16-14-24)28(19-23-7-3-2-4-8-23)30(35)32-26-9-5-6-10-26/h2-4,7-8,11-18,26,28H,5-6,9-10,19-21H2,1H3,(H,32,35)/t28-/m0/s1. The number of carbonyl (C=O) groups excluding carboxylic acids is 2. The van der Waals surface area contributed by atoms with Crippen molar-refractivity contribution in [3.63, 3.8) is 0 Å². The summed E-state index contributed by atoms with van der Waals surface area (Å²) in [6.45, 7) is 2.39. The summed E-state index contributed by atoms with van der Waals surface area (Å²) in [7, 11) is 0. The number of benzene rings is 3. The van der Waals surface area contributed by atoms with Crippen molar-refractivity contribution in [1.82, 2.24) is 10.2 Å². The van der Waals surface area contributed by atoms with Gasteiger partial charge < -0.3 is 10.2 Å². The Labute approximate surface area is 223 Å². The smallest absolute Gasteiger partial charge is 0.243 e. The first-order valence-corrected chi connectivity index (χ1v) is 13.9. The van der Waals surface area contributed by atoms with E-state index in [0.29, 0.717) is 18.0 Å². The van der Waals surface area contributed by atoms with Gasteiger partial charge in [-0.15, -0.1) is 11.8 Å². The molecule has 0 aliphatic heterocycles. The van der Waals surface area contributed by atoms with E-state index in [1.165, 1.54) is 17.3 Å². The van der Waals surface area contributed by atoms with Gasteiger partial charge in [0, 0.05) is 28.9 Å². The van der Waals surface area contributed by atoms with Crippen LogP contribution in [0.15, 0.2) is 83.8 Å². The molecule has 0 bridgehead atoms. The molecule has 0 heterocycles. The van der Waals surface area contributed by atoms with E-state index in [2.05, 4.69) is 5.32 Å². The monoisotopic (exact) mass is 520 g/mol. The summed E-state index contributed by atoms with van der Waals surface area (Å²) >= 11 is 7.61. The summed E-state index contributed by atoms with van der Waals surface area (Å²) in [5, 5.41) is 3.89. The van der Waals surface area contributed by atoms with E-state index in [1.54, 1.807) is 4.90 Å². The first-order chi connectivity index (χ1) is 17.5. The molecule has 0 unspecified atom stereocenters. The summed E-state index contributed by atoms with van der Waals surface area (Å²) < 4.78 is 0. The highest BCUT2D eigenvalue weighted by molar-refractivity contribution is 8.00. The van der Waals surface area contributed by atoms with E-state index in [1.807, 2.05) is 85.8 Å². The number of aryl methyl sites for hydroxylation is 1. The molecule has 1 N–H and O–H groups in total. The van der Waals surface area contributed by atoms with Crippen molar-refractivity contribution in [2.75, 3.05) is 5.75 Å². The minimum atomic E-state index is -0.602. The number of thioether (sulfide) groups is 1. The third-order valence-corrected chi connectivity index (χ3v) is 7.87. The van der Waals surface area contributed by atoms with Gasteiger partial charge in [-0.1, -0.05) is 84.6 Å². The van der Waals surface area contributed by atoms with E-state index in [0.717, 1.165) is 41.7 Å². The molecule has 0 aromatic heterocycles. The maximum Gasteiger partial charge on any atom is 0.243 e. The van der Waals surface area contributed by atoms with Crippen LogP contribution in [0.1, 0.15) is 42.4 Å². The van der Waals surface area contributed by atoms with Crippen LogP contribution in [0.5, 0.6) is 0 Å². The molecular formula is C30H33ClN2O2S. The quantitative estimate of drug-likeness (QED) is 0.313. The zero-order chi connectivity index (χ0) is 25.3. The lowest BCUT2D eigenvalue weighted by Crippen LogP contribution is -2.52. The lowest BCUT2D eigenvalue weighted by Gasteiger charge is -2.32. The molecule has 6 heteroatoms. The molecule has 4 nitrogen and oxygen atoms in total. The molecule has 2 amide bonds. The molecule has 1 saturated carbocycles. The lowest BCUT2D eigenvalue weighted by molar-refractivity contribution is -0.139. The highest BCUT2D eigenvalue weighted by atomic mass is 35.5. The van der Waals surface area contributed by atoms with Gasteiger partial charge in [0.1, 0.15) is 6.04 Å². The van der Waals surface area contributed by atoms with Crippen LogP contribution in [0.2, 0.25) is 5.02 Å². The van der Waals surface area contributed by atoms with Crippen LogP contribution < -0.4 is 5.32 Å². The van der Waals surface area contributed by atoms with Crippen molar-refractivity contribution in [3.05, 3.63) is 101 Å². The zero-order valence-electron chi connectivity index (χ0n) is 20.7. The van der Waals surface area contributed by atoms with E-state index >= 15 is 0 Å². The van der Waals surface area contributed by atoms with Crippen molar-refractivity contribution >= 4 is 35.2 Å². The van der Waals surface area contributed by atoms with E-state index in [9.17, 15) is 9.59 Å². The van der Waals surface area contributed by atoms with E-state index < -0.39 is 6.04 Å². The van der Waals surface area contributed by atoms with Crippen LogP contribution in [-0.4, -0.2) is 34.6 Å². The Morgan fingerprint density at radius 2 is 1.61 bits per heavy atom. The lowest BCUT2D eigenvalue weighted by atomic mass is 10.0. The summed E-state index contributed by atoms with van der Waals surface area (Å²) in [5.74, 6) is 0.130. The average Bonchev–Trinajstić information content (AvgIpc) is 3.40. The summed E-state index contributed by atoms with van der Waals surface area (Å²) in [4.78, 5) is 30.2. The number of hydrogen-bond donors (Lipinski definition) is 1. The molecule has 1 atom stereocenters. The number of amides is 2. The minimum absolute atomic E-state index is 0.0574. The second-order valence-electron chi connectivity index (χ2n) is 9.45. The second kappa shape index (κ2) is 13.0. The Balaban J connectivity index is 1.59. The van der Waals surface area contributed by atoms with Crippen molar-refractivity contribution in [1.29, 1.82) is 0 Å². The predicted octanol–water partition coefficient (Wildman–Crippen LogP) is 6.44. The van der Waals surface area contributed by atoms with Crippen molar-refractivity contribution < 1.29 is 9.59 Å². The predicted molar refractivity (Wildman–Crippen MR) is 148 cm³/mol. The van der Waals surface area contributed by atoms with Crippen LogP contribution in [-0.2, 0) is 22.6 Å². The molecule has 0 radical (unpaired) electrons. The third kappa shape index (κ3) is 7.62. The first kappa shape index (κ1) is 26.3. The van der Waals surface area contributed by atoms with Gasteiger partial charge in [0.05, 0.1) is 5.75 Å². The Morgan fingerprint density at radius 3 is 2.28 bits per heavy atom. The van der Waals surface area contributed by atoms with Gasteiger partial charge in [-0.2, -0.15) is 0 Å². The van der Waals surface area contributed by atoms with Crippen molar-refractivity contribution in [2.24, 2.45) is 0 Å². The highest BCUT2D eigenvalue weighted by Crippen LogP contribution is 2.23. The molecule has 0 spiro atoms. The van der Waals surface area contributed by atoms with Crippen LogP contribution in [0.25, 0.3) is 0 Å². The minimum Gasteiger partial charge on any atom is -0.352 e. The fourth-order valence-corrected chi connectivity index (χ4v) is 5.48. The number of rotatable bonds is 10. The Kier molecular flexibility index (Phi) is 9.48. The largest absolute Gasteiger partial charge is 0.352 e. The van der Waals surface area contributed by atoms with Crippen LogP contribution >= 0.6 is 23.4 Å². The molecule has 3 aromatic rings. The Hall–Kier alpha value is -2.76. The Bertz CT molecular complexity index is 1130. The number of halogens is 1. The van der Waals surface area contributed by atoms with E-state index in [4.69, 9.17) is 11.6 Å². The van der Waals surface area contributed by atoms with Gasteiger partial charge in [0.2, 0.25) is 11.8 Å². The first-order valence-electron chi connectivity index (χ1n) is 12.6. The molecule has 3 aromatic carbocycles. The van der Waals surface area contributed by atoms with Gasteiger partial charge in [0.15, 0.2) is 0 Å². The molecule has 0 saturated heterocycles. The highest BCUT2D eigenvalue weighted by Gasteiger charge is 2.32. The molecular weight excluding hydrogens is 488 g/mol. The number of carbonyl (C=O) groups is 2. The normalized spacial score (nSPS) is 14.4. The summed E-state index contributed by atoms with van der Waals surface area (Å²) in [5.41, 5.74) is 3.16. The van der Waals surface area contributed by atoms with Gasteiger partial charge >= 0.3 is 0 Å². The second-order valence-corrected chi connectivity index (χ2v) is 10.9. The number of nitrogens with zero attached hydrogens (tertiary/aromatic N) is 1. The van der Waals surface area contributed by atoms with Gasteiger partial charge in [-0.05, 0) is 55.2 Å². The zero-order valence-corrected chi connectivity index (χ0v) is 22.2. The van der Waals surface area contributed by atoms with Gasteiger partial charge in [-0.3, -0.25) is 9.59 Å². The maximum atomic E-state index is 13.7. The maximum absolute atomic E-state index is 13.7. The van der Waals surface area contributed by atoms with Crippen LogP contribution in [0.3, 0.4) is 0 Å². The third-order valence-electron chi connectivity index (χ3n) is 6.62. The van der Waals surface area contributed by atoms with Crippen LogP contribution in [0, 0.1) is 6.92 Å². The van der Waals surface area contributed by atoms with Crippen molar-refractivity contribution in [3.8, 4) is 0 Å². The van der Waals surface area contributed by atoms with Gasteiger partial charge in [-0.25, -0.2) is 0 Å². The number of nitrogens with one attached hydrogen (secondary N) is 1. The molecule has 4 rings (SSSR count). The molecule has 188 valence electrons. The molecule has 36 heavy (non-hydrogen) atoms. The summed E-state index contributed by atoms with van der Waals surface area (Å²) in [6.07, 6.45) is 4.73. The fraction of sp³-hybridized carbons (Fsp3) is 0.333. The van der Waals surface area contributed by atoms with Gasteiger partial charge in [0.25, 0.3) is 0 Å². The fourth-order valence-electron chi connectivity index (χ4n) is 4.57. The number of hydrogen-bond acceptors (Lipinski definition) is 3. The molecule has 1 fully saturated rings. The van der Waals surface area contributed by atoms with E-state index in [-0.39, 0.29) is 23.6 Å². The summed E-state index contributed by atoms with van der Waals surface area (Å²) in [6, 6.07) is 25.2.